The van der Waals surface area contributed by atoms with Crippen molar-refractivity contribution in [1.29, 1.82) is 0 Å². The quantitative estimate of drug-likeness (QED) is 0.137. The van der Waals surface area contributed by atoms with E-state index in [1.54, 1.807) is 0 Å². The minimum Gasteiger partial charge on any atom is -0.393 e. The molecule has 0 fully saturated rings. The van der Waals surface area contributed by atoms with Crippen molar-refractivity contribution in [3.8, 4) is 0 Å². The fourth-order valence-electron chi connectivity index (χ4n) is 4.00. The number of hydrogen-bond acceptors (Lipinski definition) is 3. The molecule has 176 valence electrons. The second-order valence-corrected chi connectivity index (χ2v) is 10.6. The third-order valence-electron chi connectivity index (χ3n) is 6.01. The first-order valence-corrected chi connectivity index (χ1v) is 14.1. The Kier molecular flexibility index (Phi) is 19.7. The normalized spacial score (nSPS) is 14.2. The molecule has 0 radical (unpaired) electrons. The van der Waals surface area contributed by atoms with Crippen LogP contribution in [-0.2, 0) is 10.1 Å². The van der Waals surface area contributed by atoms with Gasteiger partial charge in [-0.3, -0.25) is 4.55 Å². The predicted molar refractivity (Wildman–Crippen MR) is 125 cm³/mol. The molecule has 0 heterocycles. The Morgan fingerprint density at radius 1 is 0.552 bits per heavy atom. The summed E-state index contributed by atoms with van der Waals surface area (Å²) >= 11 is 0. The van der Waals surface area contributed by atoms with E-state index in [9.17, 15) is 18.1 Å². The summed E-state index contributed by atoms with van der Waals surface area (Å²) in [5.74, 6) is 0. The van der Waals surface area contributed by atoms with Gasteiger partial charge in [-0.15, -0.1) is 0 Å². The number of unbranched alkanes of at least 4 members (excludes halogenated alkanes) is 13. The highest BCUT2D eigenvalue weighted by Gasteiger charge is 2.21. The molecule has 0 spiro atoms. The van der Waals surface area contributed by atoms with Gasteiger partial charge >= 0.3 is 0 Å². The average molecular weight is 435 g/mol. The van der Waals surface area contributed by atoms with E-state index in [2.05, 4.69) is 13.8 Å². The van der Waals surface area contributed by atoms with Crippen molar-refractivity contribution in [1.82, 2.24) is 0 Å². The molecule has 0 aromatic heterocycles. The van der Waals surface area contributed by atoms with Crippen LogP contribution in [-0.4, -0.2) is 29.4 Å². The highest BCUT2D eigenvalue weighted by Crippen LogP contribution is 2.19. The molecule has 0 aromatic rings. The Balaban J connectivity index is 3.58. The van der Waals surface area contributed by atoms with Crippen LogP contribution in [0.2, 0.25) is 0 Å². The second-order valence-electron chi connectivity index (χ2n) is 8.90. The number of aliphatic hydroxyl groups excluding tert-OH is 1. The summed E-state index contributed by atoms with van der Waals surface area (Å²) in [6.07, 6.45) is 21.2. The van der Waals surface area contributed by atoms with E-state index in [4.69, 9.17) is 0 Å². The molecule has 0 amide bonds. The van der Waals surface area contributed by atoms with Crippen LogP contribution in [0.15, 0.2) is 0 Å². The average Bonchev–Trinajstić information content (AvgIpc) is 2.67. The van der Waals surface area contributed by atoms with Crippen molar-refractivity contribution in [3.05, 3.63) is 0 Å². The van der Waals surface area contributed by atoms with Gasteiger partial charge in [0.15, 0.2) is 0 Å². The van der Waals surface area contributed by atoms with Crippen molar-refractivity contribution in [2.45, 2.75) is 154 Å². The molecular formula is C24H50O4S. The van der Waals surface area contributed by atoms with Crippen LogP contribution in [0.4, 0.5) is 0 Å². The monoisotopic (exact) mass is 434 g/mol. The summed E-state index contributed by atoms with van der Waals surface area (Å²) in [6.45, 7) is 4.36. The van der Waals surface area contributed by atoms with Crippen LogP contribution < -0.4 is 0 Å². The molecular weight excluding hydrogens is 384 g/mol. The summed E-state index contributed by atoms with van der Waals surface area (Å²) in [5.41, 5.74) is 0. The van der Waals surface area contributed by atoms with Crippen LogP contribution in [0.25, 0.3) is 0 Å². The van der Waals surface area contributed by atoms with E-state index < -0.39 is 15.4 Å². The molecule has 0 aliphatic rings. The first-order valence-electron chi connectivity index (χ1n) is 12.6. The van der Waals surface area contributed by atoms with Crippen LogP contribution in [0.1, 0.15) is 142 Å². The molecule has 29 heavy (non-hydrogen) atoms. The smallest absolute Gasteiger partial charge is 0.267 e. The van der Waals surface area contributed by atoms with Gasteiger partial charge in [0.1, 0.15) is 0 Å². The number of aliphatic hydroxyl groups is 1. The summed E-state index contributed by atoms with van der Waals surface area (Å²) in [4.78, 5) is 0. The van der Waals surface area contributed by atoms with Crippen LogP contribution in [0.3, 0.4) is 0 Å². The summed E-state index contributed by atoms with van der Waals surface area (Å²) < 4.78 is 32.5. The van der Waals surface area contributed by atoms with Gasteiger partial charge in [0.2, 0.25) is 0 Å². The second kappa shape index (κ2) is 19.8. The lowest BCUT2D eigenvalue weighted by Crippen LogP contribution is -2.20. The maximum absolute atomic E-state index is 11.5. The van der Waals surface area contributed by atoms with Crippen LogP contribution in [0.5, 0.6) is 0 Å². The van der Waals surface area contributed by atoms with Gasteiger partial charge in [-0.25, -0.2) is 0 Å². The summed E-state index contributed by atoms with van der Waals surface area (Å²) in [6, 6.07) is 0. The van der Waals surface area contributed by atoms with Gasteiger partial charge in [0, 0.05) is 0 Å². The van der Waals surface area contributed by atoms with Crippen molar-refractivity contribution in [2.24, 2.45) is 0 Å². The Morgan fingerprint density at radius 2 is 0.862 bits per heavy atom. The third kappa shape index (κ3) is 19.6. The topological polar surface area (TPSA) is 74.6 Å². The van der Waals surface area contributed by atoms with E-state index in [0.717, 1.165) is 70.6 Å². The maximum Gasteiger partial charge on any atom is 0.267 e. The molecule has 0 aliphatic heterocycles. The Hall–Kier alpha value is -0.130. The molecule has 0 saturated carbocycles. The fourth-order valence-corrected chi connectivity index (χ4v) is 4.93. The molecule has 0 rings (SSSR count). The first kappa shape index (κ1) is 28.9. The van der Waals surface area contributed by atoms with Gasteiger partial charge in [-0.2, -0.15) is 8.42 Å². The zero-order chi connectivity index (χ0) is 21.8. The van der Waals surface area contributed by atoms with Crippen molar-refractivity contribution >= 4 is 10.1 Å². The highest BCUT2D eigenvalue weighted by atomic mass is 32.2. The fraction of sp³-hybridized carbons (Fsp3) is 1.00. The zero-order valence-corrected chi connectivity index (χ0v) is 20.2. The number of rotatable bonds is 22. The van der Waals surface area contributed by atoms with Gasteiger partial charge in [-0.1, -0.05) is 117 Å². The highest BCUT2D eigenvalue weighted by molar-refractivity contribution is 7.86. The number of hydrogen-bond donors (Lipinski definition) is 2. The van der Waals surface area contributed by atoms with E-state index in [1.807, 2.05) is 0 Å². The minimum atomic E-state index is -3.90. The van der Waals surface area contributed by atoms with Crippen LogP contribution in [0, 0.1) is 0 Å². The molecule has 4 nitrogen and oxygen atoms in total. The van der Waals surface area contributed by atoms with Gasteiger partial charge in [-0.05, 0) is 25.7 Å². The van der Waals surface area contributed by atoms with Crippen molar-refractivity contribution in [2.75, 3.05) is 0 Å². The SMILES string of the molecule is CCCCCCCC(O)CCCCCCCCCC(CCCCCC)S(=O)(=O)O. The van der Waals surface area contributed by atoms with Crippen molar-refractivity contribution in [3.63, 3.8) is 0 Å². The molecule has 0 aromatic carbocycles. The lowest BCUT2D eigenvalue weighted by Gasteiger charge is -2.13. The van der Waals surface area contributed by atoms with Gasteiger partial charge in [0.05, 0.1) is 11.4 Å². The molecule has 2 N–H and O–H groups in total. The summed E-state index contributed by atoms with van der Waals surface area (Å²) in [7, 11) is -3.90. The van der Waals surface area contributed by atoms with Crippen molar-refractivity contribution < 1.29 is 18.1 Å². The minimum absolute atomic E-state index is 0.119. The molecule has 0 aliphatic carbocycles. The molecule has 2 unspecified atom stereocenters. The molecule has 2 atom stereocenters. The maximum atomic E-state index is 11.5. The van der Waals surface area contributed by atoms with E-state index in [1.165, 1.54) is 44.9 Å². The largest absolute Gasteiger partial charge is 0.393 e. The van der Waals surface area contributed by atoms with Gasteiger partial charge < -0.3 is 5.11 Å². The summed E-state index contributed by atoms with van der Waals surface area (Å²) in [5, 5.41) is 9.45. The standard InChI is InChI=1S/C24H50O4S/c1-3-5-7-12-15-19-23(25)20-16-13-10-9-11-14-18-22-24(29(26,27)28)21-17-8-6-4-2/h23-25H,3-22H2,1-2H3,(H,26,27,28). The molecule has 5 heteroatoms. The first-order chi connectivity index (χ1) is 13.9. The van der Waals surface area contributed by atoms with E-state index in [0.29, 0.717) is 12.8 Å². The zero-order valence-electron chi connectivity index (χ0n) is 19.4. The lowest BCUT2D eigenvalue weighted by atomic mass is 10.0. The Bertz CT molecular complexity index is 436. The van der Waals surface area contributed by atoms with Gasteiger partial charge in [0.25, 0.3) is 10.1 Å². The predicted octanol–water partition coefficient (Wildman–Crippen LogP) is 7.45. The third-order valence-corrected chi connectivity index (χ3v) is 7.32. The Labute approximate surface area is 182 Å². The lowest BCUT2D eigenvalue weighted by molar-refractivity contribution is 0.147. The van der Waals surface area contributed by atoms with Crippen LogP contribution >= 0.6 is 0 Å². The Morgan fingerprint density at radius 3 is 1.24 bits per heavy atom. The molecule has 0 bridgehead atoms. The van der Waals surface area contributed by atoms with E-state index in [-0.39, 0.29) is 6.10 Å². The van der Waals surface area contributed by atoms with E-state index >= 15 is 0 Å². The molecule has 0 saturated heterocycles.